The van der Waals surface area contributed by atoms with Crippen molar-refractivity contribution < 1.29 is 14.3 Å². The van der Waals surface area contributed by atoms with E-state index in [0.717, 1.165) is 11.1 Å². The minimum absolute atomic E-state index is 0.0999. The number of rotatable bonds is 7. The van der Waals surface area contributed by atoms with Crippen molar-refractivity contribution in [3.63, 3.8) is 0 Å². The fourth-order valence-electron chi connectivity index (χ4n) is 1.94. The first kappa shape index (κ1) is 15.7. The quantitative estimate of drug-likeness (QED) is 0.761. The summed E-state index contributed by atoms with van der Waals surface area (Å²) in [5.74, 6) is -0.793. The molecule has 1 amide bonds. The Morgan fingerprint density at radius 1 is 1.00 bits per heavy atom. The summed E-state index contributed by atoms with van der Waals surface area (Å²) >= 11 is 0. The number of primary amides is 1. The smallest absolute Gasteiger partial charge is 0.338 e. The van der Waals surface area contributed by atoms with Crippen LogP contribution in [0.25, 0.3) is 0 Å². The van der Waals surface area contributed by atoms with Gasteiger partial charge in [-0.1, -0.05) is 42.5 Å². The molecule has 0 heterocycles. The molecule has 0 radical (unpaired) electrons. The van der Waals surface area contributed by atoms with Crippen molar-refractivity contribution in [1.82, 2.24) is 5.32 Å². The highest BCUT2D eigenvalue weighted by Gasteiger charge is 2.08. The van der Waals surface area contributed by atoms with Gasteiger partial charge in [-0.2, -0.15) is 0 Å². The molecule has 0 saturated heterocycles. The van der Waals surface area contributed by atoms with E-state index in [1.807, 2.05) is 36.4 Å². The minimum Gasteiger partial charge on any atom is -0.457 e. The molecule has 2 aromatic carbocycles. The summed E-state index contributed by atoms with van der Waals surface area (Å²) in [6.45, 7) is 0.801. The molecule has 0 spiro atoms. The molecule has 114 valence electrons. The van der Waals surface area contributed by atoms with Crippen LogP contribution < -0.4 is 11.1 Å². The molecule has 3 N–H and O–H groups in total. The largest absolute Gasteiger partial charge is 0.457 e. The van der Waals surface area contributed by atoms with Gasteiger partial charge in [0.15, 0.2) is 0 Å². The Kier molecular flexibility index (Phi) is 5.68. The molecule has 0 aliphatic heterocycles. The monoisotopic (exact) mass is 298 g/mol. The van der Waals surface area contributed by atoms with Crippen LogP contribution in [-0.4, -0.2) is 18.4 Å². The Morgan fingerprint density at radius 2 is 1.73 bits per heavy atom. The molecular weight excluding hydrogens is 280 g/mol. The van der Waals surface area contributed by atoms with E-state index in [1.165, 1.54) is 0 Å². The fraction of sp³-hybridized carbons (Fsp3) is 0.176. The van der Waals surface area contributed by atoms with Crippen LogP contribution in [0.5, 0.6) is 0 Å². The summed E-state index contributed by atoms with van der Waals surface area (Å²) in [6.07, 6.45) is 0. The number of nitrogens with one attached hydrogen (secondary N) is 1. The average molecular weight is 298 g/mol. The van der Waals surface area contributed by atoms with Crippen molar-refractivity contribution in [2.24, 2.45) is 5.73 Å². The third-order valence-electron chi connectivity index (χ3n) is 3.00. The van der Waals surface area contributed by atoms with Gasteiger partial charge in [0, 0.05) is 6.54 Å². The molecule has 0 fully saturated rings. The Morgan fingerprint density at radius 3 is 2.45 bits per heavy atom. The van der Waals surface area contributed by atoms with E-state index < -0.39 is 5.91 Å². The second kappa shape index (κ2) is 7.95. The molecule has 0 saturated carbocycles. The van der Waals surface area contributed by atoms with Gasteiger partial charge in [0.1, 0.15) is 6.61 Å². The highest BCUT2D eigenvalue weighted by Crippen LogP contribution is 2.09. The van der Waals surface area contributed by atoms with Crippen LogP contribution >= 0.6 is 0 Å². The molecule has 0 aromatic heterocycles. The van der Waals surface area contributed by atoms with Crippen LogP contribution in [0.4, 0.5) is 0 Å². The fourth-order valence-corrected chi connectivity index (χ4v) is 1.94. The average Bonchev–Trinajstić information content (AvgIpc) is 2.53. The molecule has 0 atom stereocenters. The van der Waals surface area contributed by atoms with Crippen molar-refractivity contribution in [3.05, 3.63) is 71.3 Å². The van der Waals surface area contributed by atoms with E-state index in [2.05, 4.69) is 5.32 Å². The minimum atomic E-state index is -0.418. The van der Waals surface area contributed by atoms with Gasteiger partial charge in [-0.15, -0.1) is 0 Å². The van der Waals surface area contributed by atoms with E-state index in [0.29, 0.717) is 12.1 Å². The van der Waals surface area contributed by atoms with E-state index in [-0.39, 0.29) is 19.1 Å². The van der Waals surface area contributed by atoms with Gasteiger partial charge in [0.25, 0.3) is 0 Å². The number of ether oxygens (including phenoxy) is 1. The SMILES string of the molecule is NC(=O)CNCc1cccc(C(=O)OCc2ccccc2)c1. The first-order valence-electron chi connectivity index (χ1n) is 6.94. The van der Waals surface area contributed by atoms with Gasteiger partial charge in [-0.3, -0.25) is 4.79 Å². The molecule has 0 aliphatic carbocycles. The third-order valence-corrected chi connectivity index (χ3v) is 3.00. The van der Waals surface area contributed by atoms with E-state index in [4.69, 9.17) is 10.5 Å². The lowest BCUT2D eigenvalue weighted by molar-refractivity contribution is -0.117. The van der Waals surface area contributed by atoms with Crippen molar-refractivity contribution in [2.75, 3.05) is 6.54 Å². The van der Waals surface area contributed by atoms with Crippen LogP contribution in [0.15, 0.2) is 54.6 Å². The third kappa shape index (κ3) is 5.03. The number of esters is 1. The molecule has 22 heavy (non-hydrogen) atoms. The van der Waals surface area contributed by atoms with E-state index in [9.17, 15) is 9.59 Å². The van der Waals surface area contributed by atoms with Crippen molar-refractivity contribution >= 4 is 11.9 Å². The van der Waals surface area contributed by atoms with Crippen molar-refractivity contribution in [1.29, 1.82) is 0 Å². The summed E-state index contributed by atoms with van der Waals surface area (Å²) in [5, 5.41) is 2.90. The molecule has 5 heteroatoms. The number of amides is 1. The van der Waals surface area contributed by atoms with Crippen LogP contribution in [0, 0.1) is 0 Å². The maximum absolute atomic E-state index is 12.0. The number of carbonyl (C=O) groups is 2. The lowest BCUT2D eigenvalue weighted by Crippen LogP contribution is -2.28. The summed E-state index contributed by atoms with van der Waals surface area (Å²) in [6, 6.07) is 16.6. The number of nitrogens with two attached hydrogens (primary N) is 1. The Labute approximate surface area is 129 Å². The zero-order valence-electron chi connectivity index (χ0n) is 12.1. The van der Waals surface area contributed by atoms with Crippen LogP contribution in [0.1, 0.15) is 21.5 Å². The first-order valence-corrected chi connectivity index (χ1v) is 6.94. The van der Waals surface area contributed by atoms with Gasteiger partial charge < -0.3 is 15.8 Å². The van der Waals surface area contributed by atoms with Crippen LogP contribution in [0.2, 0.25) is 0 Å². The summed E-state index contributed by atoms with van der Waals surface area (Å²) in [5.41, 5.74) is 7.36. The highest BCUT2D eigenvalue weighted by molar-refractivity contribution is 5.89. The molecule has 0 unspecified atom stereocenters. The lowest BCUT2D eigenvalue weighted by Gasteiger charge is -2.07. The number of hydrogen-bond donors (Lipinski definition) is 2. The van der Waals surface area contributed by atoms with E-state index >= 15 is 0 Å². The number of hydrogen-bond acceptors (Lipinski definition) is 4. The van der Waals surface area contributed by atoms with Gasteiger partial charge in [0.2, 0.25) is 5.91 Å². The molecule has 5 nitrogen and oxygen atoms in total. The zero-order chi connectivity index (χ0) is 15.8. The summed E-state index contributed by atoms with van der Waals surface area (Å²) < 4.78 is 5.28. The Balaban J connectivity index is 1.90. The van der Waals surface area contributed by atoms with Crippen LogP contribution in [0.3, 0.4) is 0 Å². The predicted molar refractivity (Wildman–Crippen MR) is 82.9 cm³/mol. The van der Waals surface area contributed by atoms with Crippen molar-refractivity contribution in [3.8, 4) is 0 Å². The van der Waals surface area contributed by atoms with Gasteiger partial charge in [0.05, 0.1) is 12.1 Å². The Hall–Kier alpha value is -2.66. The van der Waals surface area contributed by atoms with Crippen molar-refractivity contribution in [2.45, 2.75) is 13.2 Å². The zero-order valence-corrected chi connectivity index (χ0v) is 12.1. The molecular formula is C17H18N2O3. The highest BCUT2D eigenvalue weighted by atomic mass is 16.5. The van der Waals surface area contributed by atoms with Gasteiger partial charge in [-0.05, 0) is 23.3 Å². The van der Waals surface area contributed by atoms with Gasteiger partial charge >= 0.3 is 5.97 Å². The maximum atomic E-state index is 12.0. The second-order valence-corrected chi connectivity index (χ2v) is 4.83. The van der Waals surface area contributed by atoms with Crippen LogP contribution in [-0.2, 0) is 22.7 Å². The normalized spacial score (nSPS) is 10.2. The standard InChI is InChI=1S/C17H18N2O3/c18-16(20)11-19-10-14-7-4-8-15(9-14)17(21)22-12-13-5-2-1-3-6-13/h1-9,19H,10-12H2,(H2,18,20). The van der Waals surface area contributed by atoms with E-state index in [1.54, 1.807) is 18.2 Å². The second-order valence-electron chi connectivity index (χ2n) is 4.83. The molecule has 2 aromatic rings. The molecule has 0 aliphatic rings. The summed E-state index contributed by atoms with van der Waals surface area (Å²) in [7, 11) is 0. The molecule has 2 rings (SSSR count). The Bertz CT molecular complexity index is 641. The first-order chi connectivity index (χ1) is 10.6. The maximum Gasteiger partial charge on any atom is 0.338 e. The predicted octanol–water partition coefficient (Wildman–Crippen LogP) is 1.62. The summed E-state index contributed by atoms with van der Waals surface area (Å²) in [4.78, 5) is 22.7. The lowest BCUT2D eigenvalue weighted by atomic mass is 10.1. The topological polar surface area (TPSA) is 81.4 Å². The number of carbonyl (C=O) groups excluding carboxylic acids is 2. The van der Waals surface area contributed by atoms with Gasteiger partial charge in [-0.25, -0.2) is 4.79 Å². The molecule has 0 bridgehead atoms. The number of benzene rings is 2.